The Bertz CT molecular complexity index is 877. The van der Waals surface area contributed by atoms with E-state index < -0.39 is 29.4 Å². The summed E-state index contributed by atoms with van der Waals surface area (Å²) in [5, 5.41) is 2.48. The van der Waals surface area contributed by atoms with Crippen molar-refractivity contribution in [3.05, 3.63) is 63.9 Å². The lowest BCUT2D eigenvalue weighted by Crippen LogP contribution is -2.23. The predicted molar refractivity (Wildman–Crippen MR) is 109 cm³/mol. The van der Waals surface area contributed by atoms with Gasteiger partial charge in [0.25, 0.3) is 0 Å². The second-order valence-electron chi connectivity index (χ2n) is 5.66. The van der Waals surface area contributed by atoms with E-state index >= 15 is 0 Å². The molecule has 0 fully saturated rings. The quantitative estimate of drug-likeness (QED) is 0.475. The first-order chi connectivity index (χ1) is 13.3. The molecule has 0 radical (unpaired) electrons. The van der Waals surface area contributed by atoms with E-state index in [0.717, 1.165) is 11.8 Å². The third-order valence-electron chi connectivity index (χ3n) is 3.50. The van der Waals surface area contributed by atoms with Gasteiger partial charge in [0.05, 0.1) is 10.8 Å². The Kier molecular flexibility index (Phi) is 8.29. The van der Waals surface area contributed by atoms with Gasteiger partial charge in [-0.1, -0.05) is 23.2 Å². The molecule has 1 amide bonds. The Labute approximate surface area is 175 Å². The van der Waals surface area contributed by atoms with Crippen LogP contribution >= 0.6 is 35.0 Å². The molecule has 0 aliphatic heterocycles. The minimum atomic E-state index is -0.665. The molecule has 0 aliphatic carbocycles. The number of halogens is 3. The average molecular weight is 444 g/mol. The molecule has 1 atom stereocenters. The smallest absolute Gasteiger partial charge is 0.319 e. The van der Waals surface area contributed by atoms with Crippen LogP contribution in [0.2, 0.25) is 10.0 Å². The molecular weight excluding hydrogens is 428 g/mol. The molecule has 0 spiro atoms. The Balaban J connectivity index is 1.77. The zero-order valence-corrected chi connectivity index (χ0v) is 17.0. The van der Waals surface area contributed by atoms with Crippen LogP contribution in [0.5, 0.6) is 0 Å². The highest BCUT2D eigenvalue weighted by Gasteiger charge is 2.19. The minimum Gasteiger partial charge on any atom is -0.456 e. The van der Waals surface area contributed by atoms with Crippen LogP contribution in [0.4, 0.5) is 10.1 Å². The summed E-state index contributed by atoms with van der Waals surface area (Å²) in [6.45, 7) is 1.08. The van der Waals surface area contributed by atoms with Gasteiger partial charge in [0, 0.05) is 16.3 Å². The zero-order chi connectivity index (χ0) is 20.7. The molecule has 148 valence electrons. The number of thioether (sulfide) groups is 1. The monoisotopic (exact) mass is 443 g/mol. The number of anilines is 1. The van der Waals surface area contributed by atoms with Crippen molar-refractivity contribution < 1.29 is 23.5 Å². The van der Waals surface area contributed by atoms with E-state index in [1.165, 1.54) is 36.4 Å². The van der Waals surface area contributed by atoms with Crippen LogP contribution in [0, 0.1) is 5.82 Å². The third-order valence-corrected chi connectivity index (χ3v) is 5.18. The van der Waals surface area contributed by atoms with E-state index in [0.29, 0.717) is 10.7 Å². The molecule has 0 bridgehead atoms. The first-order valence-electron chi connectivity index (χ1n) is 8.08. The van der Waals surface area contributed by atoms with Crippen LogP contribution in [0.25, 0.3) is 0 Å². The van der Waals surface area contributed by atoms with Crippen LogP contribution in [-0.4, -0.2) is 35.3 Å². The molecule has 0 saturated carbocycles. The predicted octanol–water partition coefficient (Wildman–Crippen LogP) is 4.62. The fourth-order valence-corrected chi connectivity index (χ4v) is 3.11. The van der Waals surface area contributed by atoms with E-state index in [2.05, 4.69) is 5.32 Å². The lowest BCUT2D eigenvalue weighted by Gasteiger charge is -2.11. The first-order valence-corrected chi connectivity index (χ1v) is 9.88. The average Bonchev–Trinajstić information content (AvgIpc) is 2.67. The summed E-state index contributed by atoms with van der Waals surface area (Å²) >= 11 is 12.8. The number of esters is 1. The number of carbonyl (C=O) groups excluding carboxylic acids is 3. The normalized spacial score (nSPS) is 11.6. The summed E-state index contributed by atoms with van der Waals surface area (Å²) in [6, 6.07) is 9.75. The second kappa shape index (κ2) is 10.5. The lowest BCUT2D eigenvalue weighted by atomic mass is 10.1. The summed E-state index contributed by atoms with van der Waals surface area (Å²) in [4.78, 5) is 36.0. The van der Waals surface area contributed by atoms with Crippen molar-refractivity contribution in [1.82, 2.24) is 0 Å². The maximum absolute atomic E-state index is 12.8. The largest absolute Gasteiger partial charge is 0.456 e. The number of nitrogens with one attached hydrogen (secondary N) is 1. The Morgan fingerprint density at radius 3 is 2.50 bits per heavy atom. The molecule has 9 heteroatoms. The van der Waals surface area contributed by atoms with Gasteiger partial charge in [-0.3, -0.25) is 14.4 Å². The number of ether oxygens (including phenoxy) is 1. The van der Waals surface area contributed by atoms with Gasteiger partial charge in [-0.25, -0.2) is 4.39 Å². The number of amides is 1. The molecule has 1 unspecified atom stereocenters. The highest BCUT2D eigenvalue weighted by Crippen LogP contribution is 2.21. The van der Waals surface area contributed by atoms with Gasteiger partial charge in [-0.2, -0.15) is 0 Å². The van der Waals surface area contributed by atoms with Crippen LogP contribution in [0.3, 0.4) is 0 Å². The number of hydrogen-bond acceptors (Lipinski definition) is 5. The highest BCUT2D eigenvalue weighted by atomic mass is 35.5. The van der Waals surface area contributed by atoms with Crippen molar-refractivity contribution in [1.29, 1.82) is 0 Å². The Morgan fingerprint density at radius 2 is 1.82 bits per heavy atom. The van der Waals surface area contributed by atoms with Crippen molar-refractivity contribution in [2.24, 2.45) is 0 Å². The Morgan fingerprint density at radius 1 is 1.14 bits per heavy atom. The van der Waals surface area contributed by atoms with E-state index in [1.54, 1.807) is 13.0 Å². The van der Waals surface area contributed by atoms with E-state index in [4.69, 9.17) is 27.9 Å². The summed E-state index contributed by atoms with van der Waals surface area (Å²) in [7, 11) is 0. The summed E-state index contributed by atoms with van der Waals surface area (Å²) in [6.07, 6.45) is 0. The number of hydrogen-bond donors (Lipinski definition) is 1. The molecule has 0 heterocycles. The van der Waals surface area contributed by atoms with Gasteiger partial charge in [0.2, 0.25) is 11.7 Å². The van der Waals surface area contributed by atoms with Crippen molar-refractivity contribution in [3.8, 4) is 0 Å². The maximum Gasteiger partial charge on any atom is 0.319 e. The van der Waals surface area contributed by atoms with Crippen LogP contribution in [0.15, 0.2) is 42.5 Å². The van der Waals surface area contributed by atoms with Gasteiger partial charge < -0.3 is 10.1 Å². The van der Waals surface area contributed by atoms with E-state index in [-0.39, 0.29) is 22.2 Å². The lowest BCUT2D eigenvalue weighted by molar-refractivity contribution is -0.141. The molecule has 0 aromatic heterocycles. The molecule has 0 saturated heterocycles. The molecule has 2 aromatic carbocycles. The summed E-state index contributed by atoms with van der Waals surface area (Å²) < 4.78 is 17.8. The number of Topliss-reactive ketones (excluding diaryl/α,β-unsaturated/α-hetero) is 1. The molecule has 1 N–H and O–H groups in total. The molecule has 0 aliphatic rings. The first kappa shape index (κ1) is 22.2. The highest BCUT2D eigenvalue weighted by molar-refractivity contribution is 8.01. The van der Waals surface area contributed by atoms with Gasteiger partial charge in [-0.15, -0.1) is 11.8 Å². The summed E-state index contributed by atoms with van der Waals surface area (Å²) in [5.41, 5.74) is 0.618. The van der Waals surface area contributed by atoms with Crippen molar-refractivity contribution in [2.45, 2.75) is 12.2 Å². The minimum absolute atomic E-state index is 0.0122. The molecular formula is C19H16Cl2FNO4S. The van der Waals surface area contributed by atoms with Gasteiger partial charge in [0.15, 0.2) is 6.61 Å². The number of carbonyl (C=O) groups is 3. The molecule has 2 aromatic rings. The van der Waals surface area contributed by atoms with Gasteiger partial charge in [-0.05, 0) is 49.4 Å². The van der Waals surface area contributed by atoms with E-state index in [9.17, 15) is 18.8 Å². The number of rotatable bonds is 8. The summed E-state index contributed by atoms with van der Waals surface area (Å²) in [5.74, 6) is -1.88. The van der Waals surface area contributed by atoms with Gasteiger partial charge >= 0.3 is 5.97 Å². The van der Waals surface area contributed by atoms with Crippen LogP contribution in [0.1, 0.15) is 17.3 Å². The standard InChI is InChI=1S/C19H16Cl2FNO4S/c1-11(28-10-18(25)23-14-5-3-13(22)4-6-14)19(26)27-9-17(24)15-8-12(20)2-7-16(15)21/h2-8,11H,9-10H2,1H3,(H,23,25). The van der Waals surface area contributed by atoms with Crippen LogP contribution < -0.4 is 5.32 Å². The number of ketones is 1. The fraction of sp³-hybridized carbons (Fsp3) is 0.211. The van der Waals surface area contributed by atoms with E-state index in [1.807, 2.05) is 0 Å². The molecule has 28 heavy (non-hydrogen) atoms. The van der Waals surface area contributed by atoms with Gasteiger partial charge in [0.1, 0.15) is 11.1 Å². The second-order valence-corrected chi connectivity index (χ2v) is 7.84. The SMILES string of the molecule is CC(SCC(=O)Nc1ccc(F)cc1)C(=O)OCC(=O)c1cc(Cl)ccc1Cl. The van der Waals surface area contributed by atoms with Crippen molar-refractivity contribution in [2.75, 3.05) is 17.7 Å². The molecule has 2 rings (SSSR count). The Hall–Kier alpha value is -2.09. The maximum atomic E-state index is 12.8. The molecule has 5 nitrogen and oxygen atoms in total. The number of benzene rings is 2. The zero-order valence-electron chi connectivity index (χ0n) is 14.7. The fourth-order valence-electron chi connectivity index (χ4n) is 2.04. The van der Waals surface area contributed by atoms with Crippen molar-refractivity contribution >= 4 is 58.3 Å². The van der Waals surface area contributed by atoms with Crippen LogP contribution in [-0.2, 0) is 14.3 Å². The third kappa shape index (κ3) is 6.82. The van der Waals surface area contributed by atoms with Crippen molar-refractivity contribution in [3.63, 3.8) is 0 Å². The topological polar surface area (TPSA) is 72.5 Å².